The van der Waals surface area contributed by atoms with E-state index < -0.39 is 0 Å². The summed E-state index contributed by atoms with van der Waals surface area (Å²) < 4.78 is 11.6. The van der Waals surface area contributed by atoms with Gasteiger partial charge in [-0.05, 0) is 63.7 Å². The standard InChI is InChI=1S/C19H34O3/c1-3-5-15-6-8-16(9-7-15)19(20)22-18-12-10-17(11-13-18)21-14-4-2/h15-18H,3-14H2,1-2H3. The third kappa shape index (κ3) is 5.57. The van der Waals surface area contributed by atoms with Crippen LogP contribution >= 0.6 is 0 Å². The molecular formula is C19H34O3. The highest BCUT2D eigenvalue weighted by Crippen LogP contribution is 2.33. The van der Waals surface area contributed by atoms with E-state index in [2.05, 4.69) is 13.8 Å². The Morgan fingerprint density at radius 2 is 1.50 bits per heavy atom. The van der Waals surface area contributed by atoms with Crippen molar-refractivity contribution in [1.29, 1.82) is 0 Å². The molecule has 0 aromatic carbocycles. The monoisotopic (exact) mass is 310 g/mol. The molecule has 2 aliphatic carbocycles. The van der Waals surface area contributed by atoms with Gasteiger partial charge in [0.25, 0.3) is 0 Å². The normalized spacial score (nSPS) is 32.6. The van der Waals surface area contributed by atoms with Crippen LogP contribution in [0.5, 0.6) is 0 Å². The first-order valence-electron chi connectivity index (χ1n) is 9.55. The van der Waals surface area contributed by atoms with Gasteiger partial charge in [0.05, 0.1) is 12.0 Å². The lowest BCUT2D eigenvalue weighted by Crippen LogP contribution is -2.32. The van der Waals surface area contributed by atoms with Crippen molar-refractivity contribution in [3.8, 4) is 0 Å². The minimum Gasteiger partial charge on any atom is -0.462 e. The van der Waals surface area contributed by atoms with Crippen molar-refractivity contribution in [2.75, 3.05) is 6.61 Å². The Labute approximate surface area is 136 Å². The van der Waals surface area contributed by atoms with Crippen molar-refractivity contribution in [3.05, 3.63) is 0 Å². The second-order valence-electron chi connectivity index (χ2n) is 7.21. The summed E-state index contributed by atoms with van der Waals surface area (Å²) >= 11 is 0. The molecule has 0 atom stereocenters. The van der Waals surface area contributed by atoms with Gasteiger partial charge in [0.15, 0.2) is 0 Å². The highest BCUT2D eigenvalue weighted by Gasteiger charge is 2.30. The number of carbonyl (C=O) groups excluding carboxylic acids is 1. The minimum atomic E-state index is 0.0767. The van der Waals surface area contributed by atoms with Crippen LogP contribution in [0.4, 0.5) is 0 Å². The van der Waals surface area contributed by atoms with E-state index in [1.54, 1.807) is 0 Å². The van der Waals surface area contributed by atoms with Gasteiger partial charge in [0.2, 0.25) is 0 Å². The number of ether oxygens (including phenoxy) is 2. The fourth-order valence-corrected chi connectivity index (χ4v) is 3.96. The molecule has 2 aliphatic rings. The Balaban J connectivity index is 1.64. The molecule has 128 valence electrons. The van der Waals surface area contributed by atoms with Gasteiger partial charge in [-0.3, -0.25) is 4.79 Å². The van der Waals surface area contributed by atoms with Gasteiger partial charge < -0.3 is 9.47 Å². The van der Waals surface area contributed by atoms with Crippen LogP contribution in [0.1, 0.15) is 84.5 Å². The molecule has 0 unspecified atom stereocenters. The topological polar surface area (TPSA) is 35.5 Å². The highest BCUT2D eigenvalue weighted by molar-refractivity contribution is 5.72. The van der Waals surface area contributed by atoms with Gasteiger partial charge in [0, 0.05) is 6.61 Å². The summed E-state index contributed by atoms with van der Waals surface area (Å²) in [6.07, 6.45) is 12.7. The van der Waals surface area contributed by atoms with E-state index in [1.807, 2.05) is 0 Å². The molecule has 3 heteroatoms. The third-order valence-electron chi connectivity index (χ3n) is 5.34. The first-order valence-corrected chi connectivity index (χ1v) is 9.55. The molecule has 0 saturated heterocycles. The second-order valence-corrected chi connectivity index (χ2v) is 7.21. The molecule has 0 N–H and O–H groups in total. The SMILES string of the molecule is CCCOC1CCC(OC(=O)C2CCC(CCC)CC2)CC1. The van der Waals surface area contributed by atoms with Crippen LogP contribution in [0.3, 0.4) is 0 Å². The van der Waals surface area contributed by atoms with E-state index in [4.69, 9.17) is 9.47 Å². The molecule has 0 aliphatic heterocycles. The molecule has 2 rings (SSSR count). The maximum Gasteiger partial charge on any atom is 0.309 e. The van der Waals surface area contributed by atoms with Crippen molar-refractivity contribution in [3.63, 3.8) is 0 Å². The van der Waals surface area contributed by atoms with Gasteiger partial charge in [-0.2, -0.15) is 0 Å². The quantitative estimate of drug-likeness (QED) is 0.629. The first kappa shape index (κ1) is 17.8. The lowest BCUT2D eigenvalue weighted by atomic mass is 9.80. The Bertz CT molecular complexity index is 313. The highest BCUT2D eigenvalue weighted by atomic mass is 16.5. The van der Waals surface area contributed by atoms with Crippen molar-refractivity contribution >= 4 is 5.97 Å². The van der Waals surface area contributed by atoms with Crippen LogP contribution in [0.15, 0.2) is 0 Å². The lowest BCUT2D eigenvalue weighted by Gasteiger charge is -2.31. The van der Waals surface area contributed by atoms with E-state index in [-0.39, 0.29) is 18.0 Å². The van der Waals surface area contributed by atoms with Crippen molar-refractivity contribution < 1.29 is 14.3 Å². The summed E-state index contributed by atoms with van der Waals surface area (Å²) in [7, 11) is 0. The molecule has 0 radical (unpaired) electrons. The van der Waals surface area contributed by atoms with Crippen LogP contribution in [-0.4, -0.2) is 24.8 Å². The summed E-state index contributed by atoms with van der Waals surface area (Å²) in [5.74, 6) is 1.09. The van der Waals surface area contributed by atoms with Crippen LogP contribution in [0, 0.1) is 11.8 Å². The van der Waals surface area contributed by atoms with Gasteiger partial charge in [0.1, 0.15) is 6.10 Å². The van der Waals surface area contributed by atoms with E-state index in [1.165, 1.54) is 25.7 Å². The number of hydrogen-bond acceptors (Lipinski definition) is 3. The summed E-state index contributed by atoms with van der Waals surface area (Å²) in [5, 5.41) is 0. The molecule has 0 spiro atoms. The minimum absolute atomic E-state index is 0.0767. The number of carbonyl (C=O) groups is 1. The Morgan fingerprint density at radius 1 is 0.864 bits per heavy atom. The van der Waals surface area contributed by atoms with Crippen LogP contribution in [-0.2, 0) is 14.3 Å². The van der Waals surface area contributed by atoms with Crippen molar-refractivity contribution in [1.82, 2.24) is 0 Å². The Kier molecular flexibility index (Phi) is 7.71. The van der Waals surface area contributed by atoms with E-state index >= 15 is 0 Å². The zero-order valence-corrected chi connectivity index (χ0v) is 14.5. The van der Waals surface area contributed by atoms with Crippen molar-refractivity contribution in [2.24, 2.45) is 11.8 Å². The predicted molar refractivity (Wildman–Crippen MR) is 88.7 cm³/mol. The first-order chi connectivity index (χ1) is 10.7. The third-order valence-corrected chi connectivity index (χ3v) is 5.34. The average Bonchev–Trinajstić information content (AvgIpc) is 2.55. The fourth-order valence-electron chi connectivity index (χ4n) is 3.96. The van der Waals surface area contributed by atoms with Gasteiger partial charge in [-0.25, -0.2) is 0 Å². The number of rotatable bonds is 7. The smallest absolute Gasteiger partial charge is 0.309 e. The number of esters is 1. The number of hydrogen-bond donors (Lipinski definition) is 0. The predicted octanol–water partition coefficient (Wildman–Crippen LogP) is 4.87. The maximum atomic E-state index is 12.3. The summed E-state index contributed by atoms with van der Waals surface area (Å²) in [6.45, 7) is 5.25. The zero-order valence-electron chi connectivity index (χ0n) is 14.5. The van der Waals surface area contributed by atoms with Gasteiger partial charge >= 0.3 is 5.97 Å². The largest absolute Gasteiger partial charge is 0.462 e. The fraction of sp³-hybridized carbons (Fsp3) is 0.947. The molecule has 0 bridgehead atoms. The molecule has 0 amide bonds. The summed E-state index contributed by atoms with van der Waals surface area (Å²) in [4.78, 5) is 12.3. The zero-order chi connectivity index (χ0) is 15.8. The molecule has 22 heavy (non-hydrogen) atoms. The summed E-state index contributed by atoms with van der Waals surface area (Å²) in [5.41, 5.74) is 0. The van der Waals surface area contributed by atoms with E-state index in [0.29, 0.717) is 6.10 Å². The lowest BCUT2D eigenvalue weighted by molar-refractivity contribution is -0.158. The Hall–Kier alpha value is -0.570. The van der Waals surface area contributed by atoms with Gasteiger partial charge in [-0.1, -0.05) is 26.7 Å². The van der Waals surface area contributed by atoms with Crippen LogP contribution in [0.25, 0.3) is 0 Å². The van der Waals surface area contributed by atoms with Crippen LogP contribution < -0.4 is 0 Å². The molecule has 0 aromatic rings. The molecular weight excluding hydrogens is 276 g/mol. The molecule has 2 fully saturated rings. The maximum absolute atomic E-state index is 12.3. The van der Waals surface area contributed by atoms with Crippen molar-refractivity contribution in [2.45, 2.75) is 96.7 Å². The second kappa shape index (κ2) is 9.54. The molecule has 2 saturated carbocycles. The van der Waals surface area contributed by atoms with E-state index in [9.17, 15) is 4.79 Å². The molecule has 0 heterocycles. The van der Waals surface area contributed by atoms with Gasteiger partial charge in [-0.15, -0.1) is 0 Å². The van der Waals surface area contributed by atoms with Crippen LogP contribution in [0.2, 0.25) is 0 Å². The molecule has 0 aromatic heterocycles. The average molecular weight is 310 g/mol. The van der Waals surface area contributed by atoms with E-state index in [0.717, 1.165) is 57.5 Å². The molecule has 3 nitrogen and oxygen atoms in total. The Morgan fingerprint density at radius 3 is 2.09 bits per heavy atom. The summed E-state index contributed by atoms with van der Waals surface area (Å²) in [6, 6.07) is 0.